The van der Waals surface area contributed by atoms with E-state index >= 15 is 0 Å². The van der Waals surface area contributed by atoms with Crippen LogP contribution in [0.1, 0.15) is 30.6 Å². The van der Waals surface area contributed by atoms with Gasteiger partial charge in [0.15, 0.2) is 0 Å². The number of rotatable bonds is 6. The SMILES string of the molecule is CC(=O)Nc1ccc(C(=O)N[C@H](C(N)=O)[C@H](C)CC#N)cc1. The summed E-state index contributed by atoms with van der Waals surface area (Å²) in [4.78, 5) is 34.4. The second-order valence-corrected chi connectivity index (χ2v) is 4.95. The zero-order chi connectivity index (χ0) is 16.7. The number of hydrogen-bond donors (Lipinski definition) is 3. The van der Waals surface area contributed by atoms with E-state index in [1.165, 1.54) is 19.1 Å². The molecule has 0 aliphatic rings. The Labute approximate surface area is 128 Å². The topological polar surface area (TPSA) is 125 Å². The van der Waals surface area contributed by atoms with Crippen molar-refractivity contribution in [2.45, 2.75) is 26.3 Å². The summed E-state index contributed by atoms with van der Waals surface area (Å²) in [6, 6.07) is 7.23. The third-order valence-corrected chi connectivity index (χ3v) is 3.04. The molecule has 22 heavy (non-hydrogen) atoms. The van der Waals surface area contributed by atoms with Gasteiger partial charge in [0, 0.05) is 24.6 Å². The summed E-state index contributed by atoms with van der Waals surface area (Å²) in [6.07, 6.45) is 0.107. The fourth-order valence-corrected chi connectivity index (χ4v) is 1.89. The van der Waals surface area contributed by atoms with Gasteiger partial charge in [-0.3, -0.25) is 14.4 Å². The molecule has 1 rings (SSSR count). The summed E-state index contributed by atoms with van der Waals surface area (Å²) < 4.78 is 0. The van der Waals surface area contributed by atoms with Crippen LogP contribution in [-0.4, -0.2) is 23.8 Å². The van der Waals surface area contributed by atoms with Crippen molar-refractivity contribution in [1.29, 1.82) is 5.26 Å². The summed E-state index contributed by atoms with van der Waals surface area (Å²) in [5, 5.41) is 13.8. The summed E-state index contributed by atoms with van der Waals surface area (Å²) in [6.45, 7) is 3.05. The van der Waals surface area contributed by atoms with Crippen LogP contribution in [0.5, 0.6) is 0 Å². The van der Waals surface area contributed by atoms with Gasteiger partial charge in [-0.05, 0) is 30.2 Å². The zero-order valence-corrected chi connectivity index (χ0v) is 12.4. The number of hydrogen-bond acceptors (Lipinski definition) is 4. The fourth-order valence-electron chi connectivity index (χ4n) is 1.89. The van der Waals surface area contributed by atoms with Crippen molar-refractivity contribution in [3.63, 3.8) is 0 Å². The normalized spacial score (nSPS) is 12.6. The molecule has 1 aromatic carbocycles. The zero-order valence-electron chi connectivity index (χ0n) is 12.4. The third kappa shape index (κ3) is 4.90. The number of nitrogens with two attached hydrogens (primary N) is 1. The molecule has 7 nitrogen and oxygen atoms in total. The average molecular weight is 302 g/mol. The smallest absolute Gasteiger partial charge is 0.251 e. The molecule has 2 atom stereocenters. The second-order valence-electron chi connectivity index (χ2n) is 4.95. The molecule has 4 N–H and O–H groups in total. The van der Waals surface area contributed by atoms with Crippen LogP contribution in [-0.2, 0) is 9.59 Å². The molecular formula is C15H18N4O3. The number of carbonyl (C=O) groups is 3. The predicted octanol–water partition coefficient (Wildman–Crippen LogP) is 0.778. The molecule has 0 unspecified atom stereocenters. The lowest BCUT2D eigenvalue weighted by Crippen LogP contribution is -2.48. The maximum Gasteiger partial charge on any atom is 0.251 e. The molecule has 1 aromatic rings. The van der Waals surface area contributed by atoms with Gasteiger partial charge in [0.25, 0.3) is 5.91 Å². The molecule has 0 saturated carbocycles. The minimum atomic E-state index is -0.915. The van der Waals surface area contributed by atoms with Gasteiger partial charge in [0.05, 0.1) is 6.07 Å². The fraction of sp³-hybridized carbons (Fsp3) is 0.333. The van der Waals surface area contributed by atoms with E-state index in [0.29, 0.717) is 11.3 Å². The van der Waals surface area contributed by atoms with Crippen LogP contribution in [0, 0.1) is 17.2 Å². The minimum Gasteiger partial charge on any atom is -0.368 e. The van der Waals surface area contributed by atoms with E-state index in [2.05, 4.69) is 10.6 Å². The van der Waals surface area contributed by atoms with Gasteiger partial charge in [-0.1, -0.05) is 6.92 Å². The van der Waals surface area contributed by atoms with Crippen molar-refractivity contribution >= 4 is 23.4 Å². The molecule has 0 radical (unpaired) electrons. The Balaban J connectivity index is 2.80. The van der Waals surface area contributed by atoms with E-state index in [9.17, 15) is 14.4 Å². The molecule has 0 bridgehead atoms. The van der Waals surface area contributed by atoms with Gasteiger partial charge >= 0.3 is 0 Å². The highest BCUT2D eigenvalue weighted by Crippen LogP contribution is 2.12. The van der Waals surface area contributed by atoms with Crippen LogP contribution in [0.4, 0.5) is 5.69 Å². The van der Waals surface area contributed by atoms with E-state index in [0.717, 1.165) is 0 Å². The Morgan fingerprint density at radius 3 is 2.32 bits per heavy atom. The van der Waals surface area contributed by atoms with Crippen LogP contribution in [0.25, 0.3) is 0 Å². The van der Waals surface area contributed by atoms with Crippen molar-refractivity contribution in [3.8, 4) is 6.07 Å². The first-order valence-corrected chi connectivity index (χ1v) is 6.70. The molecule has 7 heteroatoms. The summed E-state index contributed by atoms with van der Waals surface area (Å²) in [5.74, 6) is -1.75. The van der Waals surface area contributed by atoms with Gasteiger partial charge in [-0.2, -0.15) is 5.26 Å². The van der Waals surface area contributed by atoms with Gasteiger partial charge in [-0.15, -0.1) is 0 Å². The first-order chi connectivity index (χ1) is 10.3. The van der Waals surface area contributed by atoms with Gasteiger partial charge in [-0.25, -0.2) is 0 Å². The van der Waals surface area contributed by atoms with Gasteiger partial charge in [0.1, 0.15) is 6.04 Å². The van der Waals surface area contributed by atoms with E-state index in [4.69, 9.17) is 11.0 Å². The molecule has 0 aliphatic carbocycles. The van der Waals surface area contributed by atoms with Crippen LogP contribution in [0.3, 0.4) is 0 Å². The van der Waals surface area contributed by atoms with Crippen molar-refractivity contribution in [3.05, 3.63) is 29.8 Å². The van der Waals surface area contributed by atoms with Crippen LogP contribution >= 0.6 is 0 Å². The van der Waals surface area contributed by atoms with E-state index < -0.39 is 17.9 Å². The predicted molar refractivity (Wildman–Crippen MR) is 80.6 cm³/mol. The Kier molecular flexibility index (Phi) is 6.08. The number of carbonyl (C=O) groups excluding carboxylic acids is 3. The lowest BCUT2D eigenvalue weighted by molar-refractivity contribution is -0.121. The largest absolute Gasteiger partial charge is 0.368 e. The molecule has 0 spiro atoms. The molecule has 3 amide bonds. The van der Waals surface area contributed by atoms with E-state index in [1.807, 2.05) is 6.07 Å². The first kappa shape index (κ1) is 17.2. The Morgan fingerprint density at radius 2 is 1.86 bits per heavy atom. The van der Waals surface area contributed by atoms with Crippen LogP contribution in [0.15, 0.2) is 24.3 Å². The Hall–Kier alpha value is -2.88. The second kappa shape index (κ2) is 7.78. The van der Waals surface area contributed by atoms with Gasteiger partial charge in [0.2, 0.25) is 11.8 Å². The average Bonchev–Trinajstić information content (AvgIpc) is 2.44. The highest BCUT2D eigenvalue weighted by molar-refractivity contribution is 5.98. The summed E-state index contributed by atoms with van der Waals surface area (Å²) in [5.41, 5.74) is 6.15. The molecule has 0 saturated heterocycles. The first-order valence-electron chi connectivity index (χ1n) is 6.70. The monoisotopic (exact) mass is 302 g/mol. The Morgan fingerprint density at radius 1 is 1.27 bits per heavy atom. The van der Waals surface area contributed by atoms with Crippen molar-refractivity contribution in [2.24, 2.45) is 11.7 Å². The number of nitrogens with zero attached hydrogens (tertiary/aromatic N) is 1. The number of amides is 3. The van der Waals surface area contributed by atoms with Crippen LogP contribution in [0.2, 0.25) is 0 Å². The van der Waals surface area contributed by atoms with E-state index in [-0.39, 0.29) is 18.2 Å². The minimum absolute atomic E-state index is 0.107. The quantitative estimate of drug-likeness (QED) is 0.717. The lowest BCUT2D eigenvalue weighted by Gasteiger charge is -2.20. The molecule has 0 heterocycles. The highest BCUT2D eigenvalue weighted by atomic mass is 16.2. The number of primary amides is 1. The van der Waals surface area contributed by atoms with Crippen LogP contribution < -0.4 is 16.4 Å². The molecule has 0 aliphatic heterocycles. The van der Waals surface area contributed by atoms with E-state index in [1.54, 1.807) is 19.1 Å². The Bertz CT molecular complexity index is 604. The van der Waals surface area contributed by atoms with Crippen molar-refractivity contribution in [2.75, 3.05) is 5.32 Å². The summed E-state index contributed by atoms with van der Waals surface area (Å²) in [7, 11) is 0. The molecule has 0 aromatic heterocycles. The number of anilines is 1. The maximum absolute atomic E-state index is 12.1. The van der Waals surface area contributed by atoms with Crippen molar-refractivity contribution in [1.82, 2.24) is 5.32 Å². The summed E-state index contributed by atoms with van der Waals surface area (Å²) >= 11 is 0. The lowest BCUT2D eigenvalue weighted by atomic mass is 9.98. The standard InChI is InChI=1S/C15H18N4O3/c1-9(7-8-16)13(14(17)21)19-15(22)11-3-5-12(6-4-11)18-10(2)20/h3-6,9,13H,7H2,1-2H3,(H2,17,21)(H,18,20)(H,19,22)/t9-,13+/m1/s1. The maximum atomic E-state index is 12.1. The highest BCUT2D eigenvalue weighted by Gasteiger charge is 2.25. The molecule has 0 fully saturated rings. The molecule has 116 valence electrons. The number of nitrogens with one attached hydrogen (secondary N) is 2. The molecular weight excluding hydrogens is 284 g/mol. The van der Waals surface area contributed by atoms with Crippen molar-refractivity contribution < 1.29 is 14.4 Å². The van der Waals surface area contributed by atoms with Gasteiger partial charge < -0.3 is 16.4 Å². The number of nitriles is 1. The number of benzene rings is 1. The third-order valence-electron chi connectivity index (χ3n) is 3.04.